The molecule has 0 unspecified atom stereocenters. The first-order valence-corrected chi connectivity index (χ1v) is 6.39. The van der Waals surface area contributed by atoms with Gasteiger partial charge in [0.15, 0.2) is 0 Å². The first-order valence-electron chi connectivity index (χ1n) is 6.39. The van der Waals surface area contributed by atoms with E-state index in [9.17, 15) is 14.5 Å². The summed E-state index contributed by atoms with van der Waals surface area (Å²) in [6.45, 7) is 1.81. The SMILES string of the molecule is CCOC(=O)c1cc(-c2ccc(N=O)cc2)c(C#N)c(=O)[nH]1. The van der Waals surface area contributed by atoms with E-state index in [0.717, 1.165) is 0 Å². The summed E-state index contributed by atoms with van der Waals surface area (Å²) in [4.78, 5) is 36.4. The number of benzene rings is 1. The molecule has 110 valence electrons. The summed E-state index contributed by atoms with van der Waals surface area (Å²) < 4.78 is 4.84. The second-order valence-corrected chi connectivity index (χ2v) is 4.27. The van der Waals surface area contributed by atoms with E-state index >= 15 is 0 Å². The molecule has 0 fully saturated rings. The standard InChI is InChI=1S/C15H11N3O4/c1-2-22-15(20)13-7-11(12(8-16)14(19)17-13)9-3-5-10(18-21)6-4-9/h3-7H,2H2,1H3,(H,17,19). The van der Waals surface area contributed by atoms with E-state index < -0.39 is 11.5 Å². The summed E-state index contributed by atoms with van der Waals surface area (Å²) in [6.07, 6.45) is 0. The number of aromatic amines is 1. The minimum absolute atomic E-state index is 0.0431. The summed E-state index contributed by atoms with van der Waals surface area (Å²) in [7, 11) is 0. The molecule has 0 saturated heterocycles. The molecule has 7 nitrogen and oxygen atoms in total. The predicted molar refractivity (Wildman–Crippen MR) is 78.6 cm³/mol. The second-order valence-electron chi connectivity index (χ2n) is 4.27. The first kappa shape index (κ1) is 15.1. The fraction of sp³-hybridized carbons (Fsp3) is 0.133. The topological polar surface area (TPSA) is 112 Å². The van der Waals surface area contributed by atoms with Crippen LogP contribution >= 0.6 is 0 Å². The molecule has 0 aliphatic rings. The monoisotopic (exact) mass is 297 g/mol. The van der Waals surface area contributed by atoms with Gasteiger partial charge in [0, 0.05) is 5.56 Å². The Labute approximate surface area is 125 Å². The highest BCUT2D eigenvalue weighted by molar-refractivity contribution is 5.89. The van der Waals surface area contributed by atoms with Crippen molar-refractivity contribution >= 4 is 11.7 Å². The number of ether oxygens (including phenoxy) is 1. The van der Waals surface area contributed by atoms with Crippen LogP contribution in [0, 0.1) is 16.2 Å². The number of pyridine rings is 1. The average molecular weight is 297 g/mol. The minimum Gasteiger partial charge on any atom is -0.461 e. The molecule has 1 heterocycles. The molecular weight excluding hydrogens is 286 g/mol. The molecular formula is C15H11N3O4. The molecule has 0 radical (unpaired) electrons. The third-order valence-electron chi connectivity index (χ3n) is 2.92. The van der Waals surface area contributed by atoms with Crippen LogP contribution in [0.4, 0.5) is 5.69 Å². The summed E-state index contributed by atoms with van der Waals surface area (Å²) in [5, 5.41) is 11.9. The van der Waals surface area contributed by atoms with Crippen LogP contribution in [-0.2, 0) is 4.74 Å². The Morgan fingerprint density at radius 3 is 2.59 bits per heavy atom. The van der Waals surface area contributed by atoms with E-state index in [1.54, 1.807) is 19.1 Å². The molecule has 0 saturated carbocycles. The van der Waals surface area contributed by atoms with Crippen molar-refractivity contribution in [2.24, 2.45) is 5.18 Å². The highest BCUT2D eigenvalue weighted by atomic mass is 16.5. The number of H-pyrrole nitrogens is 1. The largest absolute Gasteiger partial charge is 0.461 e. The Morgan fingerprint density at radius 1 is 1.36 bits per heavy atom. The van der Waals surface area contributed by atoms with E-state index in [2.05, 4.69) is 10.2 Å². The first-order chi connectivity index (χ1) is 10.6. The van der Waals surface area contributed by atoms with Crippen LogP contribution in [0.2, 0.25) is 0 Å². The maximum absolute atomic E-state index is 11.9. The lowest BCUT2D eigenvalue weighted by atomic mass is 10.0. The molecule has 0 bridgehead atoms. The van der Waals surface area contributed by atoms with E-state index in [1.807, 2.05) is 6.07 Å². The number of rotatable bonds is 4. The highest BCUT2D eigenvalue weighted by Gasteiger charge is 2.16. The molecule has 0 aliphatic carbocycles. The van der Waals surface area contributed by atoms with Crippen LogP contribution in [-0.4, -0.2) is 17.6 Å². The lowest BCUT2D eigenvalue weighted by molar-refractivity contribution is 0.0519. The molecule has 1 N–H and O–H groups in total. The second kappa shape index (κ2) is 6.45. The number of hydrogen-bond acceptors (Lipinski definition) is 6. The smallest absolute Gasteiger partial charge is 0.354 e. The fourth-order valence-electron chi connectivity index (χ4n) is 1.92. The van der Waals surface area contributed by atoms with Gasteiger partial charge in [0.1, 0.15) is 23.0 Å². The Bertz CT molecular complexity index is 816. The third kappa shape index (κ3) is 2.91. The minimum atomic E-state index is -0.684. The van der Waals surface area contributed by atoms with Crippen LogP contribution in [0.15, 0.2) is 40.3 Å². The average Bonchev–Trinajstić information content (AvgIpc) is 2.54. The molecule has 2 rings (SSSR count). The van der Waals surface area contributed by atoms with Crippen molar-refractivity contribution in [1.29, 1.82) is 5.26 Å². The van der Waals surface area contributed by atoms with Gasteiger partial charge in [-0.1, -0.05) is 12.1 Å². The third-order valence-corrected chi connectivity index (χ3v) is 2.92. The van der Waals surface area contributed by atoms with Gasteiger partial charge in [0.05, 0.1) is 6.61 Å². The van der Waals surface area contributed by atoms with E-state index in [-0.39, 0.29) is 29.1 Å². The van der Waals surface area contributed by atoms with Gasteiger partial charge in [0.25, 0.3) is 5.56 Å². The van der Waals surface area contributed by atoms with Gasteiger partial charge in [0.2, 0.25) is 0 Å². The lowest BCUT2D eigenvalue weighted by Gasteiger charge is -2.07. The molecule has 7 heteroatoms. The number of carbonyl (C=O) groups is 1. The fourth-order valence-corrected chi connectivity index (χ4v) is 1.92. The van der Waals surface area contributed by atoms with Crippen LogP contribution < -0.4 is 5.56 Å². The molecule has 2 aromatic rings. The van der Waals surface area contributed by atoms with Gasteiger partial charge < -0.3 is 9.72 Å². The number of nitroso groups, excluding NO2 is 1. The predicted octanol–water partition coefficient (Wildman–Crippen LogP) is 2.49. The Hall–Kier alpha value is -3.27. The highest BCUT2D eigenvalue weighted by Crippen LogP contribution is 2.24. The van der Waals surface area contributed by atoms with Crippen molar-refractivity contribution in [2.45, 2.75) is 6.92 Å². The van der Waals surface area contributed by atoms with Crippen LogP contribution in [0.5, 0.6) is 0 Å². The van der Waals surface area contributed by atoms with E-state index in [4.69, 9.17) is 10.00 Å². The molecule has 0 atom stereocenters. The summed E-state index contributed by atoms with van der Waals surface area (Å²) >= 11 is 0. The van der Waals surface area contributed by atoms with Crippen molar-refractivity contribution in [3.63, 3.8) is 0 Å². The van der Waals surface area contributed by atoms with Gasteiger partial charge >= 0.3 is 5.97 Å². The number of nitriles is 1. The molecule has 1 aromatic carbocycles. The molecule has 22 heavy (non-hydrogen) atoms. The Kier molecular flexibility index (Phi) is 4.44. The number of hydrogen-bond donors (Lipinski definition) is 1. The van der Waals surface area contributed by atoms with Crippen molar-refractivity contribution in [2.75, 3.05) is 6.61 Å². The quantitative estimate of drug-likeness (QED) is 0.688. The van der Waals surface area contributed by atoms with Crippen molar-refractivity contribution in [3.05, 3.63) is 56.9 Å². The van der Waals surface area contributed by atoms with Gasteiger partial charge in [-0.25, -0.2) is 4.79 Å². The van der Waals surface area contributed by atoms with Gasteiger partial charge in [-0.05, 0) is 35.9 Å². The maximum Gasteiger partial charge on any atom is 0.354 e. The number of nitrogens with zero attached hydrogens (tertiary/aromatic N) is 2. The summed E-state index contributed by atoms with van der Waals surface area (Å²) in [5.41, 5.74) is 0.170. The van der Waals surface area contributed by atoms with Crippen molar-refractivity contribution in [1.82, 2.24) is 4.98 Å². The normalized spacial score (nSPS) is 9.82. The van der Waals surface area contributed by atoms with Gasteiger partial charge in [-0.3, -0.25) is 4.79 Å². The Balaban J connectivity index is 2.61. The number of esters is 1. The zero-order valence-electron chi connectivity index (χ0n) is 11.6. The van der Waals surface area contributed by atoms with Crippen molar-refractivity contribution in [3.8, 4) is 17.2 Å². The molecule has 1 aromatic heterocycles. The maximum atomic E-state index is 11.9. The zero-order chi connectivity index (χ0) is 16.1. The Morgan fingerprint density at radius 2 is 2.05 bits per heavy atom. The van der Waals surface area contributed by atoms with Crippen LogP contribution in [0.1, 0.15) is 23.0 Å². The van der Waals surface area contributed by atoms with Crippen LogP contribution in [0.25, 0.3) is 11.1 Å². The molecule has 0 spiro atoms. The zero-order valence-corrected chi connectivity index (χ0v) is 11.6. The summed E-state index contributed by atoms with van der Waals surface area (Å²) in [6, 6.07) is 9.18. The van der Waals surface area contributed by atoms with E-state index in [1.165, 1.54) is 18.2 Å². The van der Waals surface area contributed by atoms with Crippen LogP contribution in [0.3, 0.4) is 0 Å². The lowest BCUT2D eigenvalue weighted by Crippen LogP contribution is -2.18. The number of aromatic nitrogens is 1. The number of carbonyl (C=O) groups excluding carboxylic acids is 1. The molecule has 0 amide bonds. The van der Waals surface area contributed by atoms with Gasteiger partial charge in [-0.2, -0.15) is 5.26 Å². The number of nitrogens with one attached hydrogen (secondary N) is 1. The molecule has 0 aliphatic heterocycles. The van der Waals surface area contributed by atoms with Crippen molar-refractivity contribution < 1.29 is 9.53 Å². The van der Waals surface area contributed by atoms with E-state index in [0.29, 0.717) is 5.56 Å². The summed E-state index contributed by atoms with van der Waals surface area (Å²) in [5.74, 6) is -0.684. The van der Waals surface area contributed by atoms with Gasteiger partial charge in [-0.15, -0.1) is 4.91 Å².